The third-order valence-electron chi connectivity index (χ3n) is 4.48. The molecule has 1 atom stereocenters. The lowest BCUT2D eigenvalue weighted by atomic mass is 9.77. The van der Waals surface area contributed by atoms with Crippen LogP contribution in [0.1, 0.15) is 24.8 Å². The molecule has 0 saturated carbocycles. The maximum absolute atomic E-state index is 12.0. The minimum absolute atomic E-state index is 0.436. The molecule has 1 saturated heterocycles. The smallest absolute Gasteiger partial charge is 0.311 e. The number of piperidine rings is 1. The van der Waals surface area contributed by atoms with Crippen LogP contribution in [0, 0.1) is 5.41 Å². The van der Waals surface area contributed by atoms with E-state index < -0.39 is 11.4 Å². The van der Waals surface area contributed by atoms with Gasteiger partial charge in [-0.2, -0.15) is 0 Å². The van der Waals surface area contributed by atoms with Crippen LogP contribution < -0.4 is 4.90 Å². The minimum atomic E-state index is -0.789. The average Bonchev–Trinajstić information content (AvgIpc) is 2.63. The number of allylic oxidation sites excluding steroid dienone is 1. The molecule has 2 aromatic rings. The van der Waals surface area contributed by atoms with Crippen LogP contribution in [0.4, 0.5) is 5.95 Å². The van der Waals surface area contributed by atoms with Crippen molar-refractivity contribution in [2.24, 2.45) is 5.41 Å². The van der Waals surface area contributed by atoms with Crippen LogP contribution in [-0.4, -0.2) is 34.1 Å². The molecular formula is C19H21N3O2. The number of carboxylic acids is 1. The number of rotatable bonds is 5. The number of anilines is 1. The maximum atomic E-state index is 12.0. The van der Waals surface area contributed by atoms with E-state index in [1.54, 1.807) is 18.5 Å². The highest BCUT2D eigenvalue weighted by Gasteiger charge is 2.42. The van der Waals surface area contributed by atoms with Crippen molar-refractivity contribution in [3.05, 3.63) is 60.4 Å². The van der Waals surface area contributed by atoms with Crippen LogP contribution in [0.3, 0.4) is 0 Å². The second-order valence-electron chi connectivity index (χ2n) is 6.18. The molecule has 24 heavy (non-hydrogen) atoms. The summed E-state index contributed by atoms with van der Waals surface area (Å²) in [7, 11) is 0. The Morgan fingerprint density at radius 2 is 1.96 bits per heavy atom. The molecule has 3 rings (SSSR count). The van der Waals surface area contributed by atoms with Crippen molar-refractivity contribution >= 4 is 18.0 Å². The summed E-state index contributed by atoms with van der Waals surface area (Å²) in [6, 6.07) is 11.7. The molecule has 2 heterocycles. The summed E-state index contributed by atoms with van der Waals surface area (Å²) in [6.45, 7) is 1.23. The van der Waals surface area contributed by atoms with E-state index in [4.69, 9.17) is 0 Å². The van der Waals surface area contributed by atoms with E-state index in [0.717, 1.165) is 18.5 Å². The van der Waals surface area contributed by atoms with Gasteiger partial charge in [-0.3, -0.25) is 4.79 Å². The summed E-state index contributed by atoms with van der Waals surface area (Å²) in [5.41, 5.74) is 0.292. The largest absolute Gasteiger partial charge is 0.481 e. The summed E-state index contributed by atoms with van der Waals surface area (Å²) >= 11 is 0. The van der Waals surface area contributed by atoms with Crippen LogP contribution in [0.2, 0.25) is 0 Å². The minimum Gasteiger partial charge on any atom is -0.481 e. The first-order valence-corrected chi connectivity index (χ1v) is 8.17. The maximum Gasteiger partial charge on any atom is 0.311 e. The molecule has 0 amide bonds. The molecule has 124 valence electrons. The molecule has 0 spiro atoms. The van der Waals surface area contributed by atoms with E-state index in [1.807, 2.05) is 47.4 Å². The van der Waals surface area contributed by atoms with Gasteiger partial charge in [-0.25, -0.2) is 9.97 Å². The van der Waals surface area contributed by atoms with Gasteiger partial charge in [0, 0.05) is 25.5 Å². The van der Waals surface area contributed by atoms with Crippen LogP contribution >= 0.6 is 0 Å². The summed E-state index contributed by atoms with van der Waals surface area (Å²) in [5, 5.41) is 9.85. The van der Waals surface area contributed by atoms with Crippen LogP contribution in [0.25, 0.3) is 6.08 Å². The Hall–Kier alpha value is -2.69. The normalized spacial score (nSPS) is 21.1. The summed E-state index contributed by atoms with van der Waals surface area (Å²) in [4.78, 5) is 22.5. The number of nitrogens with zero attached hydrogens (tertiary/aromatic N) is 3. The number of aromatic nitrogens is 2. The first-order valence-electron chi connectivity index (χ1n) is 8.17. The number of aliphatic carboxylic acids is 1. The molecule has 0 radical (unpaired) electrons. The Bertz CT molecular complexity index is 703. The Kier molecular flexibility index (Phi) is 4.89. The van der Waals surface area contributed by atoms with Crippen molar-refractivity contribution in [3.8, 4) is 0 Å². The van der Waals surface area contributed by atoms with Gasteiger partial charge >= 0.3 is 5.97 Å². The van der Waals surface area contributed by atoms with E-state index in [0.29, 0.717) is 25.3 Å². The number of hydrogen-bond donors (Lipinski definition) is 1. The number of carbonyl (C=O) groups is 1. The third-order valence-corrected chi connectivity index (χ3v) is 4.48. The van der Waals surface area contributed by atoms with Crippen LogP contribution in [0.5, 0.6) is 0 Å². The van der Waals surface area contributed by atoms with Crippen molar-refractivity contribution in [1.82, 2.24) is 9.97 Å². The molecule has 1 N–H and O–H groups in total. The van der Waals surface area contributed by atoms with Crippen molar-refractivity contribution in [2.75, 3.05) is 18.0 Å². The van der Waals surface area contributed by atoms with Crippen molar-refractivity contribution in [2.45, 2.75) is 19.3 Å². The summed E-state index contributed by atoms with van der Waals surface area (Å²) in [6.07, 6.45) is 9.33. The van der Waals surface area contributed by atoms with Gasteiger partial charge in [0.2, 0.25) is 5.95 Å². The van der Waals surface area contributed by atoms with Gasteiger partial charge in [-0.05, 0) is 30.9 Å². The standard InChI is InChI=1S/C19H21N3O2/c23-17(24)19(10-4-9-16-7-2-1-3-8-16)11-5-14-22(15-19)18-20-12-6-13-21-18/h1-4,6-9,12-13H,5,10-11,14-15H2,(H,23,24)/b9-4+/t19-/m1/s1. The van der Waals surface area contributed by atoms with Gasteiger partial charge in [0.25, 0.3) is 0 Å². The lowest BCUT2D eigenvalue weighted by molar-refractivity contribution is -0.149. The van der Waals surface area contributed by atoms with Crippen molar-refractivity contribution in [3.63, 3.8) is 0 Å². The quantitative estimate of drug-likeness (QED) is 0.915. The Balaban J connectivity index is 1.75. The Morgan fingerprint density at radius 1 is 1.21 bits per heavy atom. The van der Waals surface area contributed by atoms with Gasteiger partial charge < -0.3 is 10.0 Å². The fourth-order valence-corrected chi connectivity index (χ4v) is 3.17. The highest BCUT2D eigenvalue weighted by atomic mass is 16.4. The third kappa shape index (κ3) is 3.62. The lowest BCUT2D eigenvalue weighted by Crippen LogP contribution is -2.48. The zero-order valence-corrected chi connectivity index (χ0v) is 13.5. The fourth-order valence-electron chi connectivity index (χ4n) is 3.17. The molecule has 0 unspecified atom stereocenters. The van der Waals surface area contributed by atoms with Gasteiger partial charge in [0.05, 0.1) is 5.41 Å². The monoisotopic (exact) mass is 323 g/mol. The molecule has 1 aromatic carbocycles. The first-order chi connectivity index (χ1) is 11.7. The van der Waals surface area contributed by atoms with Crippen molar-refractivity contribution < 1.29 is 9.90 Å². The predicted octanol–water partition coefficient (Wildman–Crippen LogP) is 3.25. The van der Waals surface area contributed by atoms with E-state index >= 15 is 0 Å². The van der Waals surface area contributed by atoms with Crippen LogP contribution in [0.15, 0.2) is 54.9 Å². The van der Waals surface area contributed by atoms with Gasteiger partial charge in [-0.1, -0.05) is 42.5 Å². The molecular weight excluding hydrogens is 302 g/mol. The summed E-state index contributed by atoms with van der Waals surface area (Å²) < 4.78 is 0. The molecule has 5 heteroatoms. The van der Waals surface area contributed by atoms with Crippen molar-refractivity contribution in [1.29, 1.82) is 0 Å². The molecule has 1 aromatic heterocycles. The van der Waals surface area contributed by atoms with E-state index in [-0.39, 0.29) is 0 Å². The molecule has 1 aliphatic heterocycles. The van der Waals surface area contributed by atoms with Gasteiger partial charge in [0.15, 0.2) is 0 Å². The highest BCUT2D eigenvalue weighted by molar-refractivity contribution is 5.76. The average molecular weight is 323 g/mol. The first kappa shape index (κ1) is 16.2. The van der Waals surface area contributed by atoms with E-state index in [1.165, 1.54) is 0 Å². The number of benzene rings is 1. The van der Waals surface area contributed by atoms with E-state index in [2.05, 4.69) is 9.97 Å². The van der Waals surface area contributed by atoms with Crippen LogP contribution in [-0.2, 0) is 4.79 Å². The summed E-state index contributed by atoms with van der Waals surface area (Å²) in [5.74, 6) is -0.143. The molecule has 0 aliphatic carbocycles. The van der Waals surface area contributed by atoms with Gasteiger partial charge in [0.1, 0.15) is 0 Å². The lowest BCUT2D eigenvalue weighted by Gasteiger charge is -2.39. The molecule has 5 nitrogen and oxygen atoms in total. The second kappa shape index (κ2) is 7.25. The zero-order chi connectivity index (χ0) is 16.8. The zero-order valence-electron chi connectivity index (χ0n) is 13.5. The topological polar surface area (TPSA) is 66.3 Å². The Morgan fingerprint density at radius 3 is 2.67 bits per heavy atom. The van der Waals surface area contributed by atoms with E-state index in [9.17, 15) is 9.90 Å². The Labute approximate surface area is 141 Å². The SMILES string of the molecule is O=C(O)[C@]1(C/C=C/c2ccccc2)CCCN(c2ncccn2)C1. The second-order valence-corrected chi connectivity index (χ2v) is 6.18. The molecule has 1 fully saturated rings. The predicted molar refractivity (Wildman–Crippen MR) is 93.6 cm³/mol. The van der Waals surface area contributed by atoms with Gasteiger partial charge in [-0.15, -0.1) is 0 Å². The molecule has 1 aliphatic rings. The number of hydrogen-bond acceptors (Lipinski definition) is 4. The highest BCUT2D eigenvalue weighted by Crippen LogP contribution is 2.35. The molecule has 0 bridgehead atoms. The number of carboxylic acid groups (broad SMARTS) is 1. The fraction of sp³-hybridized carbons (Fsp3) is 0.316.